The predicted octanol–water partition coefficient (Wildman–Crippen LogP) is 3.60. The van der Waals surface area contributed by atoms with E-state index in [0.717, 1.165) is 31.3 Å². The van der Waals surface area contributed by atoms with E-state index in [4.69, 9.17) is 0 Å². The van der Waals surface area contributed by atoms with Gasteiger partial charge in [-0.3, -0.25) is 14.4 Å². The van der Waals surface area contributed by atoms with Gasteiger partial charge in [0.1, 0.15) is 11.4 Å². The maximum Gasteiger partial charge on any atom is 0.282 e. The molecule has 3 rings (SSSR count). The average molecular weight is 348 g/mol. The second kappa shape index (κ2) is 7.74. The molecule has 1 amide bonds. The zero-order valence-electron chi connectivity index (χ0n) is 14.2. The quantitative estimate of drug-likeness (QED) is 0.898. The van der Waals surface area contributed by atoms with Crippen LogP contribution in [0.4, 0.5) is 14.5 Å². The van der Waals surface area contributed by atoms with Crippen molar-refractivity contribution in [3.8, 4) is 0 Å². The summed E-state index contributed by atoms with van der Waals surface area (Å²) >= 11 is 0. The SMILES string of the molecule is Cn1nc(C(F)F)cc1C(=O)Nc1cccc(CN2CCCCC2)c1. The number of halogens is 2. The molecule has 2 aromatic rings. The van der Waals surface area contributed by atoms with Crippen molar-refractivity contribution in [3.05, 3.63) is 47.3 Å². The summed E-state index contributed by atoms with van der Waals surface area (Å²) in [4.78, 5) is 14.7. The summed E-state index contributed by atoms with van der Waals surface area (Å²) in [5, 5.41) is 6.43. The van der Waals surface area contributed by atoms with E-state index in [1.165, 1.54) is 31.0 Å². The predicted molar refractivity (Wildman–Crippen MR) is 91.7 cm³/mol. The van der Waals surface area contributed by atoms with Gasteiger partial charge in [-0.15, -0.1) is 0 Å². The molecular weight excluding hydrogens is 326 g/mol. The van der Waals surface area contributed by atoms with E-state index >= 15 is 0 Å². The maximum atomic E-state index is 12.7. The van der Waals surface area contributed by atoms with Crippen LogP contribution in [0, 0.1) is 0 Å². The lowest BCUT2D eigenvalue weighted by atomic mass is 10.1. The average Bonchev–Trinajstić information content (AvgIpc) is 2.98. The van der Waals surface area contributed by atoms with Gasteiger partial charge >= 0.3 is 0 Å². The third-order valence-electron chi connectivity index (χ3n) is 4.39. The Labute approximate surface area is 145 Å². The van der Waals surface area contributed by atoms with E-state index in [1.54, 1.807) is 6.07 Å². The number of anilines is 1. The van der Waals surface area contributed by atoms with Gasteiger partial charge < -0.3 is 5.32 Å². The second-order valence-corrected chi connectivity index (χ2v) is 6.37. The molecule has 1 aliphatic heterocycles. The molecule has 0 unspecified atom stereocenters. The van der Waals surface area contributed by atoms with Crippen LogP contribution in [-0.2, 0) is 13.6 Å². The molecule has 1 aliphatic rings. The van der Waals surface area contributed by atoms with Crippen molar-refractivity contribution in [2.45, 2.75) is 32.2 Å². The molecule has 0 radical (unpaired) electrons. The van der Waals surface area contributed by atoms with E-state index in [-0.39, 0.29) is 5.69 Å². The molecule has 134 valence electrons. The van der Waals surface area contributed by atoms with Gasteiger partial charge in [0.15, 0.2) is 0 Å². The molecule has 7 heteroatoms. The van der Waals surface area contributed by atoms with Crippen LogP contribution < -0.4 is 5.32 Å². The molecular formula is C18H22F2N4O. The number of carbonyl (C=O) groups excluding carboxylic acids is 1. The van der Waals surface area contributed by atoms with E-state index in [2.05, 4.69) is 15.3 Å². The first-order valence-electron chi connectivity index (χ1n) is 8.47. The fourth-order valence-electron chi connectivity index (χ4n) is 3.13. The number of likely N-dealkylation sites (tertiary alicyclic amines) is 1. The van der Waals surface area contributed by atoms with Crippen molar-refractivity contribution in [1.29, 1.82) is 0 Å². The number of carbonyl (C=O) groups is 1. The zero-order chi connectivity index (χ0) is 17.8. The highest BCUT2D eigenvalue weighted by atomic mass is 19.3. The van der Waals surface area contributed by atoms with Gasteiger partial charge in [-0.25, -0.2) is 8.78 Å². The van der Waals surface area contributed by atoms with Crippen molar-refractivity contribution < 1.29 is 13.6 Å². The van der Waals surface area contributed by atoms with Crippen LogP contribution in [0.25, 0.3) is 0 Å². The Morgan fingerprint density at radius 3 is 2.68 bits per heavy atom. The summed E-state index contributed by atoms with van der Waals surface area (Å²) in [6.07, 6.45) is 1.05. The van der Waals surface area contributed by atoms with Crippen molar-refractivity contribution in [1.82, 2.24) is 14.7 Å². The third-order valence-corrected chi connectivity index (χ3v) is 4.39. The van der Waals surface area contributed by atoms with Crippen molar-refractivity contribution >= 4 is 11.6 Å². The monoisotopic (exact) mass is 348 g/mol. The normalized spacial score (nSPS) is 15.5. The van der Waals surface area contributed by atoms with Gasteiger partial charge in [0.25, 0.3) is 12.3 Å². The van der Waals surface area contributed by atoms with Crippen LogP contribution in [-0.4, -0.2) is 33.7 Å². The number of alkyl halides is 2. The van der Waals surface area contributed by atoms with Crippen LogP contribution in [0.1, 0.15) is 47.4 Å². The maximum absolute atomic E-state index is 12.7. The highest BCUT2D eigenvalue weighted by Gasteiger charge is 2.18. The smallest absolute Gasteiger partial charge is 0.282 e. The Bertz CT molecular complexity index is 738. The first kappa shape index (κ1) is 17.5. The molecule has 1 saturated heterocycles. The van der Waals surface area contributed by atoms with Crippen LogP contribution >= 0.6 is 0 Å². The van der Waals surface area contributed by atoms with Crippen molar-refractivity contribution in [2.24, 2.45) is 7.05 Å². The second-order valence-electron chi connectivity index (χ2n) is 6.37. The number of aryl methyl sites for hydroxylation is 1. The summed E-state index contributed by atoms with van der Waals surface area (Å²) in [5.41, 5.74) is 1.49. The largest absolute Gasteiger partial charge is 0.321 e. The Hall–Kier alpha value is -2.28. The summed E-state index contributed by atoms with van der Waals surface area (Å²) < 4.78 is 26.6. The van der Waals surface area contributed by atoms with Gasteiger partial charge in [-0.05, 0) is 49.7 Å². The van der Waals surface area contributed by atoms with Gasteiger partial charge in [0, 0.05) is 19.3 Å². The minimum absolute atomic E-state index is 0.108. The van der Waals surface area contributed by atoms with Gasteiger partial charge in [0.05, 0.1) is 0 Å². The van der Waals surface area contributed by atoms with Gasteiger partial charge in [-0.2, -0.15) is 5.10 Å². The number of hydrogen-bond donors (Lipinski definition) is 1. The summed E-state index contributed by atoms with van der Waals surface area (Å²) in [7, 11) is 1.48. The number of nitrogens with one attached hydrogen (secondary N) is 1. The molecule has 0 aliphatic carbocycles. The number of aromatic nitrogens is 2. The Balaban J connectivity index is 1.68. The topological polar surface area (TPSA) is 50.2 Å². The Morgan fingerprint density at radius 1 is 1.24 bits per heavy atom. The first-order valence-corrected chi connectivity index (χ1v) is 8.47. The number of nitrogens with zero attached hydrogens (tertiary/aromatic N) is 3. The van der Waals surface area contributed by atoms with E-state index in [1.807, 2.05) is 18.2 Å². The lowest BCUT2D eigenvalue weighted by Gasteiger charge is -2.26. The van der Waals surface area contributed by atoms with E-state index in [9.17, 15) is 13.6 Å². The molecule has 0 saturated carbocycles. The molecule has 25 heavy (non-hydrogen) atoms. The molecule has 1 N–H and O–H groups in total. The molecule has 1 aromatic heterocycles. The summed E-state index contributed by atoms with van der Waals surface area (Å²) in [5.74, 6) is -0.447. The van der Waals surface area contributed by atoms with Crippen LogP contribution in [0.15, 0.2) is 30.3 Å². The van der Waals surface area contributed by atoms with E-state index in [0.29, 0.717) is 5.69 Å². The molecule has 0 spiro atoms. The molecule has 5 nitrogen and oxygen atoms in total. The standard InChI is InChI=1S/C18H22F2N4O/c1-23-16(11-15(22-23)17(19)20)18(25)21-14-7-5-6-13(10-14)12-24-8-3-2-4-9-24/h5-7,10-11,17H,2-4,8-9,12H2,1H3,(H,21,25). The lowest BCUT2D eigenvalue weighted by Crippen LogP contribution is -2.29. The number of piperidine rings is 1. The highest BCUT2D eigenvalue weighted by Crippen LogP contribution is 2.20. The molecule has 0 atom stereocenters. The van der Waals surface area contributed by atoms with Crippen molar-refractivity contribution in [2.75, 3.05) is 18.4 Å². The van der Waals surface area contributed by atoms with Gasteiger partial charge in [0.2, 0.25) is 0 Å². The molecule has 1 aromatic carbocycles. The number of amides is 1. The number of benzene rings is 1. The van der Waals surface area contributed by atoms with E-state index < -0.39 is 18.0 Å². The minimum Gasteiger partial charge on any atom is -0.321 e. The summed E-state index contributed by atoms with van der Waals surface area (Å²) in [6, 6.07) is 8.77. The lowest BCUT2D eigenvalue weighted by molar-refractivity contribution is 0.101. The fourth-order valence-corrected chi connectivity index (χ4v) is 3.13. The Kier molecular flexibility index (Phi) is 5.43. The molecule has 2 heterocycles. The third kappa shape index (κ3) is 4.42. The fraction of sp³-hybridized carbons (Fsp3) is 0.444. The van der Waals surface area contributed by atoms with Crippen molar-refractivity contribution in [3.63, 3.8) is 0 Å². The zero-order valence-corrected chi connectivity index (χ0v) is 14.2. The van der Waals surface area contributed by atoms with Crippen LogP contribution in [0.3, 0.4) is 0 Å². The van der Waals surface area contributed by atoms with Crippen LogP contribution in [0.2, 0.25) is 0 Å². The molecule has 1 fully saturated rings. The summed E-state index contributed by atoms with van der Waals surface area (Å²) in [6.45, 7) is 3.05. The molecule has 0 bridgehead atoms. The Morgan fingerprint density at radius 2 is 2.00 bits per heavy atom. The highest BCUT2D eigenvalue weighted by molar-refractivity contribution is 6.03. The van der Waals surface area contributed by atoms with Gasteiger partial charge in [-0.1, -0.05) is 18.6 Å². The number of rotatable bonds is 5. The number of hydrogen-bond acceptors (Lipinski definition) is 3. The first-order chi connectivity index (χ1) is 12.0. The minimum atomic E-state index is -2.69. The van der Waals surface area contributed by atoms with Crippen LogP contribution in [0.5, 0.6) is 0 Å².